The Morgan fingerprint density at radius 2 is 1.85 bits per heavy atom. The summed E-state index contributed by atoms with van der Waals surface area (Å²) in [6, 6.07) is 8.76. The van der Waals surface area contributed by atoms with E-state index >= 15 is 0 Å². The van der Waals surface area contributed by atoms with Crippen molar-refractivity contribution < 1.29 is 50.5 Å². The molecule has 0 saturated heterocycles. The Balaban J connectivity index is 1.60. The summed E-state index contributed by atoms with van der Waals surface area (Å²) >= 11 is 0. The van der Waals surface area contributed by atoms with E-state index in [0.29, 0.717) is 0 Å². The number of benzene rings is 2. The molecule has 3 heterocycles. The van der Waals surface area contributed by atoms with E-state index in [2.05, 4.69) is 9.97 Å². The Morgan fingerprint density at radius 1 is 1.15 bits per heavy atom. The van der Waals surface area contributed by atoms with Gasteiger partial charge < -0.3 is 25.6 Å². The molecule has 2 aromatic heterocycles. The molecule has 2 atom stereocenters. The van der Waals surface area contributed by atoms with E-state index in [0.717, 1.165) is 42.6 Å². The highest BCUT2D eigenvalue weighted by atomic mass is 19.4. The molecule has 4 N–H and O–H groups in total. The van der Waals surface area contributed by atoms with Crippen LogP contribution < -0.4 is 20.5 Å². The monoisotopic (exact) mass is 648 g/mol. The third kappa shape index (κ3) is 5.44. The summed E-state index contributed by atoms with van der Waals surface area (Å²) in [6.45, 7) is -0.203. The number of alkyl halides is 5. The fraction of sp³-hybridized carbons (Fsp3) is 0.290. The first-order valence-electron chi connectivity index (χ1n) is 13.7. The molecule has 2 amide bonds. The van der Waals surface area contributed by atoms with E-state index in [1.807, 2.05) is 5.32 Å². The molecule has 2 aromatic carbocycles. The first kappa shape index (κ1) is 32.5. The standard InChI is InChI=1S/C31H26F6N4O5/c1-3-29(28(38)43)14-46-25-20(29)11-22(41-24(25)15-4-6-19(32)7-5-15)30(44,31(35,36)37)13-40-27(42)17-8-16-9-18(26(33)34)12-39-23(16)21(10-17)45-2/h4-12,26,44H,3,13-14H2,1-2H3,(H2,38,43)(H,40,42)/t29-,30?/m0/s1. The summed E-state index contributed by atoms with van der Waals surface area (Å²) in [4.78, 5) is 33.8. The van der Waals surface area contributed by atoms with Crippen molar-refractivity contribution in [1.29, 1.82) is 0 Å². The van der Waals surface area contributed by atoms with E-state index in [9.17, 15) is 41.0 Å². The summed E-state index contributed by atoms with van der Waals surface area (Å²) in [7, 11) is 1.23. The number of nitrogens with one attached hydrogen (secondary N) is 1. The third-order valence-corrected chi connectivity index (χ3v) is 8.05. The average molecular weight is 649 g/mol. The zero-order valence-electron chi connectivity index (χ0n) is 24.2. The minimum absolute atomic E-state index is 0.0128. The number of fused-ring (bicyclic) bond motifs is 2. The van der Waals surface area contributed by atoms with Crippen LogP contribution >= 0.6 is 0 Å². The van der Waals surface area contributed by atoms with Crippen molar-refractivity contribution in [3.63, 3.8) is 0 Å². The molecule has 0 saturated carbocycles. The molecule has 242 valence electrons. The molecule has 1 aliphatic rings. The second-order valence-corrected chi connectivity index (χ2v) is 10.7. The van der Waals surface area contributed by atoms with Crippen LogP contribution in [0.5, 0.6) is 11.5 Å². The number of aromatic nitrogens is 2. The summed E-state index contributed by atoms with van der Waals surface area (Å²) in [6.07, 6.45) is -7.37. The maximum Gasteiger partial charge on any atom is 0.424 e. The molecule has 9 nitrogen and oxygen atoms in total. The number of halogens is 6. The molecule has 5 rings (SSSR count). The molecular formula is C31H26F6N4O5. The van der Waals surface area contributed by atoms with Gasteiger partial charge in [-0.15, -0.1) is 0 Å². The van der Waals surface area contributed by atoms with Crippen LogP contribution in [0.4, 0.5) is 26.3 Å². The Labute approximate surface area is 257 Å². The van der Waals surface area contributed by atoms with E-state index in [4.69, 9.17) is 15.2 Å². The number of nitrogens with two attached hydrogens (primary N) is 1. The second kappa shape index (κ2) is 11.8. The number of hydrogen-bond acceptors (Lipinski definition) is 7. The summed E-state index contributed by atoms with van der Waals surface area (Å²) in [5.74, 6) is -2.73. The zero-order chi connectivity index (χ0) is 33.6. The fourth-order valence-electron chi connectivity index (χ4n) is 5.28. The number of rotatable bonds is 9. The van der Waals surface area contributed by atoms with Crippen molar-refractivity contribution in [2.24, 2.45) is 5.73 Å². The lowest BCUT2D eigenvalue weighted by molar-refractivity contribution is -0.265. The summed E-state index contributed by atoms with van der Waals surface area (Å²) in [5, 5.41) is 13.4. The van der Waals surface area contributed by atoms with Gasteiger partial charge in [0.1, 0.15) is 40.5 Å². The van der Waals surface area contributed by atoms with Crippen LogP contribution in [0.25, 0.3) is 22.2 Å². The molecule has 1 aliphatic heterocycles. The largest absolute Gasteiger partial charge is 0.494 e. The number of carbonyl (C=O) groups excluding carboxylic acids is 2. The van der Waals surface area contributed by atoms with Crippen LogP contribution in [-0.4, -0.2) is 53.3 Å². The van der Waals surface area contributed by atoms with Crippen molar-refractivity contribution in [3.05, 3.63) is 82.9 Å². The predicted octanol–water partition coefficient (Wildman–Crippen LogP) is 5.09. The Hall–Kier alpha value is -4.92. The predicted molar refractivity (Wildman–Crippen MR) is 152 cm³/mol. The van der Waals surface area contributed by atoms with E-state index in [1.165, 1.54) is 19.2 Å². The van der Waals surface area contributed by atoms with Gasteiger partial charge in [-0.1, -0.05) is 6.92 Å². The number of hydrogen-bond donors (Lipinski definition) is 3. The Kier molecular flexibility index (Phi) is 8.32. The van der Waals surface area contributed by atoms with Gasteiger partial charge in [0.05, 0.1) is 19.3 Å². The Morgan fingerprint density at radius 3 is 2.43 bits per heavy atom. The van der Waals surface area contributed by atoms with Crippen molar-refractivity contribution in [2.75, 3.05) is 20.3 Å². The number of nitrogens with zero attached hydrogens (tertiary/aromatic N) is 2. The molecule has 0 aliphatic carbocycles. The van der Waals surface area contributed by atoms with Gasteiger partial charge in [0, 0.05) is 33.8 Å². The molecule has 4 aromatic rings. The van der Waals surface area contributed by atoms with Crippen LogP contribution in [-0.2, 0) is 15.8 Å². The van der Waals surface area contributed by atoms with Crippen molar-refractivity contribution in [1.82, 2.24) is 15.3 Å². The Bertz CT molecular complexity index is 1840. The van der Waals surface area contributed by atoms with Crippen molar-refractivity contribution in [2.45, 2.75) is 37.0 Å². The third-order valence-electron chi connectivity index (χ3n) is 8.05. The van der Waals surface area contributed by atoms with Gasteiger partial charge in [-0.3, -0.25) is 14.6 Å². The topological polar surface area (TPSA) is 137 Å². The SMILES string of the molecule is CC[C@]1(C(N)=O)COc2c1cc(C(O)(CNC(=O)c1cc(OC)c3ncc(C(F)F)cc3c1)C(F)(F)F)nc2-c1ccc(F)cc1. The molecule has 46 heavy (non-hydrogen) atoms. The quantitative estimate of drug-likeness (QED) is 0.215. The van der Waals surface area contributed by atoms with Crippen LogP contribution in [0.2, 0.25) is 0 Å². The highest BCUT2D eigenvalue weighted by Gasteiger charge is 2.58. The number of aliphatic hydroxyl groups is 1. The normalized spacial score (nSPS) is 17.3. The maximum atomic E-state index is 14.7. The molecule has 0 bridgehead atoms. The first-order valence-corrected chi connectivity index (χ1v) is 13.7. The number of ether oxygens (including phenoxy) is 2. The van der Waals surface area contributed by atoms with Crippen LogP contribution in [0.3, 0.4) is 0 Å². The van der Waals surface area contributed by atoms with Gasteiger partial charge >= 0.3 is 6.18 Å². The molecule has 0 spiro atoms. The smallest absolute Gasteiger partial charge is 0.424 e. The number of carbonyl (C=O) groups is 2. The van der Waals surface area contributed by atoms with Gasteiger partial charge in [-0.25, -0.2) is 18.2 Å². The molecule has 1 unspecified atom stereocenters. The van der Waals surface area contributed by atoms with E-state index < -0.39 is 59.1 Å². The lowest BCUT2D eigenvalue weighted by atomic mass is 9.78. The number of methoxy groups -OCH3 is 1. The van der Waals surface area contributed by atoms with Crippen LogP contribution in [0.15, 0.2) is 54.7 Å². The van der Waals surface area contributed by atoms with E-state index in [1.54, 1.807) is 6.92 Å². The first-order chi connectivity index (χ1) is 21.6. The molecular weight excluding hydrogens is 622 g/mol. The molecule has 0 radical (unpaired) electrons. The lowest BCUT2D eigenvalue weighted by Gasteiger charge is -2.32. The highest BCUT2D eigenvalue weighted by Crippen LogP contribution is 2.49. The second-order valence-electron chi connectivity index (χ2n) is 10.7. The fourth-order valence-corrected chi connectivity index (χ4v) is 5.28. The van der Waals surface area contributed by atoms with Crippen molar-refractivity contribution >= 4 is 22.7 Å². The van der Waals surface area contributed by atoms with Gasteiger partial charge in [0.15, 0.2) is 0 Å². The van der Waals surface area contributed by atoms with Crippen LogP contribution in [0, 0.1) is 5.82 Å². The molecule has 15 heteroatoms. The van der Waals surface area contributed by atoms with Crippen LogP contribution in [0.1, 0.15) is 46.9 Å². The minimum atomic E-state index is -5.44. The highest BCUT2D eigenvalue weighted by molar-refractivity contribution is 6.00. The number of amides is 2. The van der Waals surface area contributed by atoms with Gasteiger partial charge in [-0.05, 0) is 55.0 Å². The minimum Gasteiger partial charge on any atom is -0.494 e. The van der Waals surface area contributed by atoms with Crippen molar-refractivity contribution in [3.8, 4) is 22.8 Å². The summed E-state index contributed by atoms with van der Waals surface area (Å²) in [5.41, 5.74) is -1.51. The zero-order valence-corrected chi connectivity index (χ0v) is 24.2. The number of primary amides is 1. The van der Waals surface area contributed by atoms with Gasteiger partial charge in [-0.2, -0.15) is 13.2 Å². The lowest BCUT2D eigenvalue weighted by Crippen LogP contribution is -2.52. The van der Waals surface area contributed by atoms with E-state index in [-0.39, 0.29) is 57.8 Å². The average Bonchev–Trinajstić information content (AvgIpc) is 3.42. The summed E-state index contributed by atoms with van der Waals surface area (Å²) < 4.78 is 95.4. The number of pyridine rings is 2. The van der Waals surface area contributed by atoms with Gasteiger partial charge in [0.2, 0.25) is 11.5 Å². The van der Waals surface area contributed by atoms with Gasteiger partial charge in [0.25, 0.3) is 12.3 Å². The molecule has 0 fully saturated rings. The maximum absolute atomic E-state index is 14.7.